The number of methoxy groups -OCH3 is 1. The number of amides is 1. The number of ether oxygens (including phenoxy) is 1. The van der Waals surface area contributed by atoms with Crippen molar-refractivity contribution in [2.24, 2.45) is 0 Å². The van der Waals surface area contributed by atoms with E-state index in [1.54, 1.807) is 43.5 Å². The van der Waals surface area contributed by atoms with Crippen LogP contribution >= 0.6 is 0 Å². The summed E-state index contributed by atoms with van der Waals surface area (Å²) in [4.78, 5) is 27.4. The summed E-state index contributed by atoms with van der Waals surface area (Å²) >= 11 is 0. The number of benzene rings is 2. The fraction of sp³-hybridized carbons (Fsp3) is 0.259. The predicted octanol–water partition coefficient (Wildman–Crippen LogP) is 5.35. The van der Waals surface area contributed by atoms with E-state index in [1.165, 1.54) is 29.4 Å². The van der Waals surface area contributed by atoms with Crippen LogP contribution in [0.3, 0.4) is 0 Å². The molecule has 1 unspecified atom stereocenters. The van der Waals surface area contributed by atoms with Gasteiger partial charge in [-0.25, -0.2) is 4.39 Å². The summed E-state index contributed by atoms with van der Waals surface area (Å²) in [7, 11) is 1.56. The molecule has 1 aliphatic heterocycles. The van der Waals surface area contributed by atoms with Crippen molar-refractivity contribution in [1.82, 2.24) is 4.90 Å². The van der Waals surface area contributed by atoms with Crippen molar-refractivity contribution in [3.05, 3.63) is 94.7 Å². The van der Waals surface area contributed by atoms with Crippen LogP contribution in [-0.2, 0) is 21.5 Å². The molecule has 0 bridgehead atoms. The van der Waals surface area contributed by atoms with Crippen molar-refractivity contribution in [1.29, 1.82) is 0 Å². The Balaban J connectivity index is 1.91. The monoisotopic (exact) mass is 463 g/mol. The second-order valence-corrected chi connectivity index (χ2v) is 9.19. The molecule has 0 radical (unpaired) electrons. The third kappa shape index (κ3) is 4.09. The van der Waals surface area contributed by atoms with Crippen LogP contribution in [0.2, 0.25) is 0 Å². The minimum atomic E-state index is -1.12. The Morgan fingerprint density at radius 2 is 1.85 bits per heavy atom. The van der Waals surface area contributed by atoms with Gasteiger partial charge in [-0.1, -0.05) is 39.0 Å². The highest BCUT2D eigenvalue weighted by Crippen LogP contribution is 2.42. The van der Waals surface area contributed by atoms with E-state index in [2.05, 4.69) is 0 Å². The van der Waals surface area contributed by atoms with E-state index in [4.69, 9.17) is 9.15 Å². The highest BCUT2D eigenvalue weighted by Gasteiger charge is 2.47. The molecule has 34 heavy (non-hydrogen) atoms. The van der Waals surface area contributed by atoms with Gasteiger partial charge in [0.1, 0.15) is 23.1 Å². The summed E-state index contributed by atoms with van der Waals surface area (Å²) in [5.74, 6) is -1.62. The zero-order valence-electron chi connectivity index (χ0n) is 19.5. The lowest BCUT2D eigenvalue weighted by atomic mass is 9.84. The number of furan rings is 1. The molecule has 1 amide bonds. The second-order valence-electron chi connectivity index (χ2n) is 9.19. The van der Waals surface area contributed by atoms with Gasteiger partial charge in [-0.05, 0) is 41.8 Å². The van der Waals surface area contributed by atoms with Gasteiger partial charge >= 0.3 is 0 Å². The van der Waals surface area contributed by atoms with Gasteiger partial charge in [0.05, 0.1) is 31.5 Å². The van der Waals surface area contributed by atoms with Crippen molar-refractivity contribution in [2.75, 3.05) is 7.11 Å². The summed E-state index contributed by atoms with van der Waals surface area (Å²) in [6.07, 6.45) is 1.45. The van der Waals surface area contributed by atoms with Gasteiger partial charge in [0, 0.05) is 16.7 Å². The number of aliphatic hydroxyl groups is 1. The molecule has 176 valence electrons. The Bertz CT molecular complexity index is 1270. The van der Waals surface area contributed by atoms with E-state index in [0.717, 1.165) is 5.56 Å². The van der Waals surface area contributed by atoms with Crippen molar-refractivity contribution in [3.63, 3.8) is 0 Å². The quantitative estimate of drug-likeness (QED) is 0.314. The summed E-state index contributed by atoms with van der Waals surface area (Å²) in [6, 6.07) is 13.2. The molecule has 0 saturated carbocycles. The van der Waals surface area contributed by atoms with Crippen LogP contribution in [0.1, 0.15) is 49.3 Å². The molecule has 1 saturated heterocycles. The maximum absolute atomic E-state index is 14.9. The maximum atomic E-state index is 14.9. The number of Topliss-reactive ketones (excluding diaryl/α,β-unsaturated/α-hetero) is 1. The number of nitrogens with zero attached hydrogens (tertiary/aromatic N) is 1. The molecule has 1 atom stereocenters. The Morgan fingerprint density at radius 3 is 2.47 bits per heavy atom. The molecule has 3 aromatic rings. The van der Waals surface area contributed by atoms with E-state index < -0.39 is 23.5 Å². The average molecular weight is 464 g/mol. The first-order valence-corrected chi connectivity index (χ1v) is 10.9. The maximum Gasteiger partial charge on any atom is 0.296 e. The van der Waals surface area contributed by atoms with Crippen molar-refractivity contribution < 1.29 is 28.2 Å². The Labute approximate surface area is 197 Å². The van der Waals surface area contributed by atoms with Crippen molar-refractivity contribution in [3.8, 4) is 5.75 Å². The van der Waals surface area contributed by atoms with Crippen LogP contribution in [-0.4, -0.2) is 28.8 Å². The van der Waals surface area contributed by atoms with Crippen LogP contribution in [0.5, 0.6) is 5.75 Å². The number of rotatable bonds is 5. The van der Waals surface area contributed by atoms with E-state index in [1.807, 2.05) is 20.8 Å². The molecule has 1 aromatic heterocycles. The summed E-state index contributed by atoms with van der Waals surface area (Å²) in [6.45, 7) is 5.94. The van der Waals surface area contributed by atoms with Gasteiger partial charge in [0.15, 0.2) is 0 Å². The van der Waals surface area contributed by atoms with E-state index in [-0.39, 0.29) is 28.9 Å². The van der Waals surface area contributed by atoms with Crippen molar-refractivity contribution in [2.45, 2.75) is 38.8 Å². The lowest BCUT2D eigenvalue weighted by molar-refractivity contribution is -0.140. The SMILES string of the molecule is COc1ccc(/C(O)=C2\C(=O)C(=O)N(Cc3ccco3)C2c2ccccc2F)cc1C(C)(C)C. The largest absolute Gasteiger partial charge is 0.507 e. The van der Waals surface area contributed by atoms with Crippen LogP contribution < -0.4 is 4.74 Å². The Kier molecular flexibility index (Phi) is 6.04. The zero-order valence-corrected chi connectivity index (χ0v) is 19.5. The van der Waals surface area contributed by atoms with Crippen molar-refractivity contribution >= 4 is 17.4 Å². The lowest BCUT2D eigenvalue weighted by Gasteiger charge is -2.25. The topological polar surface area (TPSA) is 80.0 Å². The van der Waals surface area contributed by atoms with Crippen LogP contribution in [0, 0.1) is 5.82 Å². The lowest BCUT2D eigenvalue weighted by Crippen LogP contribution is -2.29. The Hall–Kier alpha value is -3.87. The summed E-state index contributed by atoms with van der Waals surface area (Å²) < 4.78 is 25.7. The van der Waals surface area contributed by atoms with Gasteiger partial charge in [0.25, 0.3) is 11.7 Å². The molecule has 0 spiro atoms. The molecule has 7 heteroatoms. The molecule has 1 aliphatic rings. The first-order valence-electron chi connectivity index (χ1n) is 10.9. The fourth-order valence-corrected chi connectivity index (χ4v) is 4.23. The zero-order chi connectivity index (χ0) is 24.6. The third-order valence-electron chi connectivity index (χ3n) is 5.93. The number of ketones is 1. The van der Waals surface area contributed by atoms with Gasteiger partial charge in [-0.15, -0.1) is 0 Å². The number of likely N-dealkylation sites (tertiary alicyclic amines) is 1. The second kappa shape index (κ2) is 8.82. The number of halogens is 1. The standard InChI is InChI=1S/C27H26FNO5/c1-27(2,3)19-14-16(11-12-21(19)33-4)24(30)22-23(18-9-5-6-10-20(18)28)29(26(32)25(22)31)15-17-8-7-13-34-17/h5-14,23,30H,15H2,1-4H3/b24-22+. The molecule has 2 aromatic carbocycles. The number of hydrogen-bond donors (Lipinski definition) is 1. The predicted molar refractivity (Wildman–Crippen MR) is 125 cm³/mol. The highest BCUT2D eigenvalue weighted by atomic mass is 19.1. The first kappa shape index (κ1) is 23.3. The van der Waals surface area contributed by atoms with Crippen LogP contribution in [0.15, 0.2) is 70.9 Å². The van der Waals surface area contributed by atoms with Gasteiger partial charge in [-0.3, -0.25) is 9.59 Å². The molecule has 4 rings (SSSR count). The number of hydrogen-bond acceptors (Lipinski definition) is 5. The van der Waals surface area contributed by atoms with Crippen LogP contribution in [0.25, 0.3) is 5.76 Å². The summed E-state index contributed by atoms with van der Waals surface area (Å²) in [5.41, 5.74) is 0.762. The van der Waals surface area contributed by atoms with Crippen LogP contribution in [0.4, 0.5) is 4.39 Å². The molecule has 1 fully saturated rings. The van der Waals surface area contributed by atoms with E-state index in [9.17, 15) is 19.1 Å². The fourth-order valence-electron chi connectivity index (χ4n) is 4.23. The molecular weight excluding hydrogens is 437 g/mol. The first-order chi connectivity index (χ1) is 16.1. The molecule has 0 aliphatic carbocycles. The minimum absolute atomic E-state index is 0.0524. The normalized spacial score (nSPS) is 17.9. The smallest absolute Gasteiger partial charge is 0.296 e. The number of carbonyl (C=O) groups is 2. The molecule has 2 heterocycles. The van der Waals surface area contributed by atoms with Gasteiger partial charge in [-0.2, -0.15) is 0 Å². The molecule has 6 nitrogen and oxygen atoms in total. The number of aliphatic hydroxyl groups excluding tert-OH is 1. The average Bonchev–Trinajstić information content (AvgIpc) is 3.40. The van der Waals surface area contributed by atoms with Gasteiger partial charge in [0.2, 0.25) is 0 Å². The highest BCUT2D eigenvalue weighted by molar-refractivity contribution is 6.46. The minimum Gasteiger partial charge on any atom is -0.507 e. The molecular formula is C27H26FNO5. The number of carbonyl (C=O) groups excluding carboxylic acids is 2. The Morgan fingerprint density at radius 1 is 1.12 bits per heavy atom. The van der Waals surface area contributed by atoms with E-state index >= 15 is 0 Å². The van der Waals surface area contributed by atoms with Gasteiger partial charge < -0.3 is 19.2 Å². The third-order valence-corrected chi connectivity index (χ3v) is 5.93. The van der Waals surface area contributed by atoms with E-state index in [0.29, 0.717) is 17.1 Å². The molecule has 1 N–H and O–H groups in total. The summed E-state index contributed by atoms with van der Waals surface area (Å²) in [5, 5.41) is 11.3.